The van der Waals surface area contributed by atoms with Gasteiger partial charge in [0.15, 0.2) is 0 Å². The van der Waals surface area contributed by atoms with Gasteiger partial charge in [0.2, 0.25) is 0 Å². The zero-order valence-corrected chi connectivity index (χ0v) is 16.8. The Morgan fingerprint density at radius 2 is 2.07 bits per heavy atom. The number of nitrogens with one attached hydrogen (secondary N) is 1. The number of nitrogens with zero attached hydrogens (tertiary/aromatic N) is 2. The SMILES string of the molecule is CCCn1c(-c2nc(C(=O)NCCc3cccs3)cs2)cc2ccccc21. The highest BCUT2D eigenvalue weighted by Gasteiger charge is 2.16. The molecule has 0 spiro atoms. The maximum absolute atomic E-state index is 12.4. The number of thiazole rings is 1. The Labute approximate surface area is 166 Å². The van der Waals surface area contributed by atoms with Crippen LogP contribution in [0.5, 0.6) is 0 Å². The van der Waals surface area contributed by atoms with Crippen LogP contribution < -0.4 is 5.32 Å². The van der Waals surface area contributed by atoms with Crippen molar-refractivity contribution in [2.45, 2.75) is 26.3 Å². The zero-order chi connectivity index (χ0) is 18.6. The van der Waals surface area contributed by atoms with Gasteiger partial charge in [-0.05, 0) is 36.4 Å². The summed E-state index contributed by atoms with van der Waals surface area (Å²) in [6, 6.07) is 14.7. The van der Waals surface area contributed by atoms with Gasteiger partial charge in [0, 0.05) is 34.2 Å². The molecule has 138 valence electrons. The molecular formula is C21H21N3OS2. The summed E-state index contributed by atoms with van der Waals surface area (Å²) in [5.41, 5.74) is 2.79. The molecule has 0 saturated carbocycles. The summed E-state index contributed by atoms with van der Waals surface area (Å²) in [7, 11) is 0. The number of hydrogen-bond donors (Lipinski definition) is 1. The van der Waals surface area contributed by atoms with E-state index in [-0.39, 0.29) is 5.91 Å². The maximum Gasteiger partial charge on any atom is 0.270 e. The van der Waals surface area contributed by atoms with Gasteiger partial charge in [-0.2, -0.15) is 0 Å². The van der Waals surface area contributed by atoms with E-state index in [0.717, 1.165) is 30.1 Å². The topological polar surface area (TPSA) is 46.9 Å². The van der Waals surface area contributed by atoms with Crippen molar-refractivity contribution in [3.05, 3.63) is 63.8 Å². The van der Waals surface area contributed by atoms with E-state index in [1.54, 1.807) is 11.3 Å². The number of para-hydroxylation sites is 1. The second kappa shape index (κ2) is 8.06. The standard InChI is InChI=1S/C21H21N3OS2/c1-2-11-24-18-8-4-3-6-15(18)13-19(24)21-23-17(14-27-21)20(25)22-10-9-16-7-5-12-26-16/h3-8,12-14H,2,9-11H2,1H3,(H,22,25). The fourth-order valence-corrected chi connectivity index (χ4v) is 4.73. The number of rotatable bonds is 7. The third-order valence-corrected chi connectivity index (χ3v) is 6.25. The number of carbonyl (C=O) groups excluding carboxylic acids is 1. The van der Waals surface area contributed by atoms with Crippen LogP contribution in [0.15, 0.2) is 53.2 Å². The van der Waals surface area contributed by atoms with Crippen molar-refractivity contribution >= 4 is 39.5 Å². The first-order chi connectivity index (χ1) is 13.3. The molecule has 0 unspecified atom stereocenters. The molecule has 27 heavy (non-hydrogen) atoms. The molecule has 4 nitrogen and oxygen atoms in total. The van der Waals surface area contributed by atoms with E-state index < -0.39 is 0 Å². The molecule has 1 aromatic carbocycles. The minimum absolute atomic E-state index is 0.104. The quantitative estimate of drug-likeness (QED) is 0.467. The van der Waals surface area contributed by atoms with Crippen LogP contribution in [0.25, 0.3) is 21.6 Å². The van der Waals surface area contributed by atoms with Crippen molar-refractivity contribution < 1.29 is 4.79 Å². The van der Waals surface area contributed by atoms with Gasteiger partial charge in [0.1, 0.15) is 10.7 Å². The Morgan fingerprint density at radius 3 is 2.89 bits per heavy atom. The predicted molar refractivity (Wildman–Crippen MR) is 114 cm³/mol. The van der Waals surface area contributed by atoms with Crippen LogP contribution in [0.3, 0.4) is 0 Å². The lowest BCUT2D eigenvalue weighted by Gasteiger charge is -2.07. The summed E-state index contributed by atoms with van der Waals surface area (Å²) in [4.78, 5) is 18.3. The van der Waals surface area contributed by atoms with Crippen molar-refractivity contribution in [3.63, 3.8) is 0 Å². The molecule has 0 saturated heterocycles. The van der Waals surface area contributed by atoms with Gasteiger partial charge >= 0.3 is 0 Å². The Bertz CT molecular complexity index is 1050. The number of aromatic nitrogens is 2. The third-order valence-electron chi connectivity index (χ3n) is 4.45. The molecular weight excluding hydrogens is 374 g/mol. The van der Waals surface area contributed by atoms with Crippen LogP contribution in [0.2, 0.25) is 0 Å². The van der Waals surface area contributed by atoms with E-state index >= 15 is 0 Å². The lowest BCUT2D eigenvalue weighted by Crippen LogP contribution is -2.25. The predicted octanol–water partition coefficient (Wildman–Crippen LogP) is 5.21. The lowest BCUT2D eigenvalue weighted by atomic mass is 10.2. The van der Waals surface area contributed by atoms with Crippen LogP contribution in [0, 0.1) is 0 Å². The van der Waals surface area contributed by atoms with E-state index in [1.807, 2.05) is 11.4 Å². The number of benzene rings is 1. The van der Waals surface area contributed by atoms with Gasteiger partial charge in [0.25, 0.3) is 5.91 Å². The zero-order valence-electron chi connectivity index (χ0n) is 15.1. The first-order valence-electron chi connectivity index (χ1n) is 9.11. The molecule has 4 rings (SSSR count). The molecule has 0 aliphatic heterocycles. The Balaban J connectivity index is 1.52. The number of carbonyl (C=O) groups is 1. The van der Waals surface area contributed by atoms with Crippen molar-refractivity contribution in [3.8, 4) is 10.7 Å². The number of aryl methyl sites for hydroxylation is 1. The van der Waals surface area contributed by atoms with E-state index in [0.29, 0.717) is 12.2 Å². The Kier molecular flexibility index (Phi) is 5.36. The smallest absolute Gasteiger partial charge is 0.270 e. The van der Waals surface area contributed by atoms with Gasteiger partial charge in [-0.3, -0.25) is 4.79 Å². The highest BCUT2D eigenvalue weighted by atomic mass is 32.1. The van der Waals surface area contributed by atoms with Crippen LogP contribution in [0.4, 0.5) is 0 Å². The normalized spacial score (nSPS) is 11.1. The maximum atomic E-state index is 12.4. The minimum atomic E-state index is -0.104. The van der Waals surface area contributed by atoms with E-state index in [1.165, 1.54) is 27.1 Å². The molecule has 3 aromatic heterocycles. The fourth-order valence-electron chi connectivity index (χ4n) is 3.19. The number of hydrogen-bond acceptors (Lipinski definition) is 4. The average Bonchev–Trinajstić information content (AvgIpc) is 3.42. The summed E-state index contributed by atoms with van der Waals surface area (Å²) in [5, 5.41) is 8.98. The highest BCUT2D eigenvalue weighted by Crippen LogP contribution is 2.30. The van der Waals surface area contributed by atoms with E-state index in [2.05, 4.69) is 63.6 Å². The molecule has 1 N–H and O–H groups in total. The summed E-state index contributed by atoms with van der Waals surface area (Å²) in [5.74, 6) is -0.104. The Morgan fingerprint density at radius 1 is 1.19 bits per heavy atom. The van der Waals surface area contributed by atoms with Crippen molar-refractivity contribution in [1.82, 2.24) is 14.9 Å². The van der Waals surface area contributed by atoms with Crippen LogP contribution in [0.1, 0.15) is 28.7 Å². The van der Waals surface area contributed by atoms with E-state index in [4.69, 9.17) is 0 Å². The van der Waals surface area contributed by atoms with Gasteiger partial charge in [-0.1, -0.05) is 31.2 Å². The molecule has 0 bridgehead atoms. The summed E-state index contributed by atoms with van der Waals surface area (Å²) in [6.45, 7) is 3.74. The molecule has 1 amide bonds. The molecule has 0 aliphatic carbocycles. The first kappa shape index (κ1) is 17.9. The van der Waals surface area contributed by atoms with Crippen LogP contribution in [-0.4, -0.2) is 22.0 Å². The van der Waals surface area contributed by atoms with Crippen LogP contribution in [-0.2, 0) is 13.0 Å². The number of fused-ring (bicyclic) bond motifs is 1. The van der Waals surface area contributed by atoms with Gasteiger partial charge < -0.3 is 9.88 Å². The van der Waals surface area contributed by atoms with Crippen LogP contribution >= 0.6 is 22.7 Å². The molecule has 0 atom stereocenters. The number of amides is 1. The third kappa shape index (κ3) is 3.82. The van der Waals surface area contributed by atoms with Gasteiger partial charge in [-0.25, -0.2) is 4.98 Å². The summed E-state index contributed by atoms with van der Waals surface area (Å²) in [6.07, 6.45) is 1.90. The molecule has 0 fully saturated rings. The summed E-state index contributed by atoms with van der Waals surface area (Å²) >= 11 is 3.24. The largest absolute Gasteiger partial charge is 0.350 e. The highest BCUT2D eigenvalue weighted by molar-refractivity contribution is 7.13. The molecule has 0 radical (unpaired) electrons. The minimum Gasteiger partial charge on any atom is -0.350 e. The second-order valence-electron chi connectivity index (χ2n) is 6.36. The van der Waals surface area contributed by atoms with Gasteiger partial charge in [0.05, 0.1) is 5.69 Å². The Hall–Kier alpha value is -2.44. The first-order valence-corrected chi connectivity index (χ1v) is 10.9. The fraction of sp³-hybridized carbons (Fsp3) is 0.238. The molecule has 4 aromatic rings. The average molecular weight is 396 g/mol. The van der Waals surface area contributed by atoms with Crippen molar-refractivity contribution in [1.29, 1.82) is 0 Å². The number of thiophene rings is 1. The molecule has 0 aliphatic rings. The lowest BCUT2D eigenvalue weighted by molar-refractivity contribution is 0.0950. The van der Waals surface area contributed by atoms with Crippen molar-refractivity contribution in [2.24, 2.45) is 0 Å². The molecule has 6 heteroatoms. The van der Waals surface area contributed by atoms with Gasteiger partial charge in [-0.15, -0.1) is 22.7 Å². The van der Waals surface area contributed by atoms with E-state index in [9.17, 15) is 4.79 Å². The monoisotopic (exact) mass is 395 g/mol. The molecule has 3 heterocycles. The van der Waals surface area contributed by atoms with Crippen molar-refractivity contribution in [2.75, 3.05) is 6.54 Å². The second-order valence-corrected chi connectivity index (χ2v) is 8.25. The summed E-state index contributed by atoms with van der Waals surface area (Å²) < 4.78 is 2.30.